The van der Waals surface area contributed by atoms with Crippen LogP contribution in [0.5, 0.6) is 0 Å². The van der Waals surface area contributed by atoms with Gasteiger partial charge in [0.25, 0.3) is 0 Å². The first-order valence-electron chi connectivity index (χ1n) is 9.68. The van der Waals surface area contributed by atoms with Crippen LogP contribution in [0.2, 0.25) is 6.55 Å². The molecule has 1 saturated heterocycles. The maximum atomic E-state index is 12.9. The number of carbonyl (C=O) groups excluding carboxylic acids is 1. The van der Waals surface area contributed by atoms with Crippen molar-refractivity contribution >= 4 is 24.4 Å². The fraction of sp³-hybridized carbons (Fsp3) is 0.409. The van der Waals surface area contributed by atoms with Gasteiger partial charge in [0.15, 0.2) is 0 Å². The summed E-state index contributed by atoms with van der Waals surface area (Å²) in [6.07, 6.45) is 2.02. The van der Waals surface area contributed by atoms with Gasteiger partial charge in [0.1, 0.15) is 8.07 Å². The summed E-state index contributed by atoms with van der Waals surface area (Å²) in [6.45, 7) is 7.79. The van der Waals surface area contributed by atoms with E-state index in [0.29, 0.717) is 5.92 Å². The molecule has 2 atom stereocenters. The maximum absolute atomic E-state index is 12.9. The fourth-order valence-corrected chi connectivity index (χ4v) is 8.82. The van der Waals surface area contributed by atoms with E-state index in [9.17, 15) is 4.79 Å². The second-order valence-corrected chi connectivity index (χ2v) is 12.0. The largest absolute Gasteiger partial charge is 0.354 e. The molecule has 0 unspecified atom stereocenters. The van der Waals surface area contributed by atoms with E-state index in [1.807, 2.05) is 0 Å². The van der Waals surface area contributed by atoms with Gasteiger partial charge in [-0.15, -0.1) is 0 Å². The number of rotatable bonds is 6. The third-order valence-corrected chi connectivity index (χ3v) is 10.8. The first kappa shape index (κ1) is 18.9. The summed E-state index contributed by atoms with van der Waals surface area (Å²) in [6, 6.07) is 21.5. The Bertz CT molecular complexity index is 672. The van der Waals surface area contributed by atoms with Crippen LogP contribution in [0.1, 0.15) is 26.7 Å². The fourth-order valence-electron chi connectivity index (χ4n) is 4.23. The summed E-state index contributed by atoms with van der Waals surface area (Å²) < 4.78 is 0. The van der Waals surface area contributed by atoms with Gasteiger partial charge in [0.05, 0.1) is 6.04 Å². The first-order chi connectivity index (χ1) is 12.5. The Morgan fingerprint density at radius 2 is 1.58 bits per heavy atom. The van der Waals surface area contributed by atoms with Crippen LogP contribution in [-0.2, 0) is 4.79 Å². The van der Waals surface area contributed by atoms with Crippen molar-refractivity contribution in [1.29, 1.82) is 0 Å². The second-order valence-electron chi connectivity index (χ2n) is 7.81. The summed E-state index contributed by atoms with van der Waals surface area (Å²) >= 11 is 0. The van der Waals surface area contributed by atoms with Crippen molar-refractivity contribution < 1.29 is 4.79 Å². The van der Waals surface area contributed by atoms with Crippen LogP contribution < -0.4 is 21.0 Å². The number of nitrogens with one attached hydrogen (secondary N) is 2. The highest BCUT2D eigenvalue weighted by Crippen LogP contribution is 2.18. The normalized spacial score (nSPS) is 18.7. The molecule has 2 aromatic carbocycles. The van der Waals surface area contributed by atoms with E-state index in [0.717, 1.165) is 19.4 Å². The van der Waals surface area contributed by atoms with E-state index < -0.39 is 8.07 Å². The smallest absolute Gasteiger partial charge is 0.237 e. The van der Waals surface area contributed by atoms with Crippen molar-refractivity contribution in [3.05, 3.63) is 60.7 Å². The van der Waals surface area contributed by atoms with E-state index in [-0.39, 0.29) is 17.6 Å². The van der Waals surface area contributed by atoms with E-state index in [1.54, 1.807) is 0 Å². The van der Waals surface area contributed by atoms with Gasteiger partial charge in [-0.1, -0.05) is 91.4 Å². The monoisotopic (exact) mass is 366 g/mol. The number of hydrogen-bond acceptors (Lipinski definition) is 2. The number of benzene rings is 2. The molecule has 4 heteroatoms. The molecule has 138 valence electrons. The Morgan fingerprint density at radius 1 is 1.04 bits per heavy atom. The lowest BCUT2D eigenvalue weighted by atomic mass is 10.2. The average Bonchev–Trinajstić information content (AvgIpc) is 3.21. The molecule has 0 bridgehead atoms. The van der Waals surface area contributed by atoms with E-state index >= 15 is 0 Å². The molecular weight excluding hydrogens is 336 g/mol. The number of carbonyl (C=O) groups is 1. The molecule has 0 saturated carbocycles. The predicted octanol–water partition coefficient (Wildman–Crippen LogP) is 2.31. The highest BCUT2D eigenvalue weighted by molar-refractivity contribution is 7.02. The molecule has 1 amide bonds. The van der Waals surface area contributed by atoms with Gasteiger partial charge in [-0.2, -0.15) is 0 Å². The number of amides is 1. The van der Waals surface area contributed by atoms with Gasteiger partial charge in [-0.25, -0.2) is 0 Å². The molecule has 1 heterocycles. The molecule has 1 fully saturated rings. The summed E-state index contributed by atoms with van der Waals surface area (Å²) in [5.41, 5.74) is 0.141. The Morgan fingerprint density at radius 3 is 2.00 bits per heavy atom. The van der Waals surface area contributed by atoms with Gasteiger partial charge < -0.3 is 10.6 Å². The van der Waals surface area contributed by atoms with Gasteiger partial charge in [0, 0.05) is 5.67 Å². The molecule has 0 aromatic heterocycles. The van der Waals surface area contributed by atoms with Crippen molar-refractivity contribution in [1.82, 2.24) is 10.6 Å². The van der Waals surface area contributed by atoms with E-state index in [1.165, 1.54) is 10.4 Å². The van der Waals surface area contributed by atoms with Crippen LogP contribution in [0.15, 0.2) is 60.7 Å². The Hall–Kier alpha value is -1.91. The lowest BCUT2D eigenvalue weighted by Crippen LogP contribution is -2.71. The summed E-state index contributed by atoms with van der Waals surface area (Å²) in [5.74, 6) is 0.518. The van der Waals surface area contributed by atoms with Crippen molar-refractivity contribution in [3.8, 4) is 0 Å². The van der Waals surface area contributed by atoms with Crippen LogP contribution >= 0.6 is 0 Å². The lowest BCUT2D eigenvalue weighted by Gasteiger charge is -2.40. The minimum absolute atomic E-state index is 0.0407. The quantitative estimate of drug-likeness (QED) is 0.771. The summed E-state index contributed by atoms with van der Waals surface area (Å²) in [4.78, 5) is 12.9. The SMILES string of the molecule is CC(C)[C@H](NC(=O)[C@@H]1CCCN1)[Si](C)(c1ccccc1)c1ccccc1. The van der Waals surface area contributed by atoms with Crippen LogP contribution in [-0.4, -0.2) is 32.2 Å². The van der Waals surface area contributed by atoms with Crippen LogP contribution in [0.25, 0.3) is 0 Å². The molecule has 0 aliphatic carbocycles. The minimum atomic E-state index is -2.17. The molecule has 2 aromatic rings. The highest BCUT2D eigenvalue weighted by atomic mass is 28.3. The Kier molecular flexibility index (Phi) is 5.94. The van der Waals surface area contributed by atoms with Gasteiger partial charge >= 0.3 is 0 Å². The lowest BCUT2D eigenvalue weighted by molar-refractivity contribution is -0.123. The molecule has 3 nitrogen and oxygen atoms in total. The van der Waals surface area contributed by atoms with Crippen LogP contribution in [0, 0.1) is 5.92 Å². The van der Waals surface area contributed by atoms with Gasteiger partial charge in [0.2, 0.25) is 5.91 Å². The molecule has 1 aliphatic rings. The minimum Gasteiger partial charge on any atom is -0.354 e. The number of hydrogen-bond donors (Lipinski definition) is 2. The van der Waals surface area contributed by atoms with E-state index in [4.69, 9.17) is 0 Å². The first-order valence-corrected chi connectivity index (χ1v) is 12.3. The standard InChI is InChI=1S/C22H30N2OSi/c1-17(2)22(24-21(25)20-15-10-16-23-20)26(3,18-11-6-4-7-12-18)19-13-8-5-9-14-19/h4-9,11-14,17,20,22-23H,10,15-16H2,1-3H3,(H,24,25)/t20-,22+/m0/s1. The van der Waals surface area contributed by atoms with Crippen molar-refractivity contribution in [3.63, 3.8) is 0 Å². The summed E-state index contributed by atoms with van der Waals surface area (Å²) in [5, 5.41) is 9.52. The topological polar surface area (TPSA) is 41.1 Å². The third kappa shape index (κ3) is 3.76. The molecule has 0 radical (unpaired) electrons. The Labute approximate surface area is 158 Å². The van der Waals surface area contributed by atoms with Gasteiger partial charge in [-0.05, 0) is 25.3 Å². The van der Waals surface area contributed by atoms with Crippen molar-refractivity contribution in [2.24, 2.45) is 5.92 Å². The average molecular weight is 367 g/mol. The molecule has 3 rings (SSSR count). The van der Waals surface area contributed by atoms with Crippen molar-refractivity contribution in [2.45, 2.75) is 44.9 Å². The third-order valence-electron chi connectivity index (χ3n) is 5.71. The zero-order valence-electron chi connectivity index (χ0n) is 16.0. The molecule has 2 N–H and O–H groups in total. The second kappa shape index (κ2) is 8.19. The zero-order valence-corrected chi connectivity index (χ0v) is 17.0. The van der Waals surface area contributed by atoms with Crippen LogP contribution in [0.4, 0.5) is 0 Å². The highest BCUT2D eigenvalue weighted by Gasteiger charge is 2.43. The molecule has 26 heavy (non-hydrogen) atoms. The van der Waals surface area contributed by atoms with Gasteiger partial charge in [-0.3, -0.25) is 4.79 Å². The molecular formula is C22H30N2OSi. The predicted molar refractivity (Wildman–Crippen MR) is 112 cm³/mol. The molecule has 1 aliphatic heterocycles. The summed E-state index contributed by atoms with van der Waals surface area (Å²) in [7, 11) is -2.17. The van der Waals surface area contributed by atoms with Crippen molar-refractivity contribution in [2.75, 3.05) is 6.54 Å². The van der Waals surface area contributed by atoms with Crippen LogP contribution in [0.3, 0.4) is 0 Å². The Balaban J connectivity index is 2.01. The molecule has 0 spiro atoms. The van der Waals surface area contributed by atoms with E-state index in [2.05, 4.69) is 91.7 Å². The zero-order chi connectivity index (χ0) is 18.6. The maximum Gasteiger partial charge on any atom is 0.237 e.